The standard InChI is InChI=1S/C9H13ClN2O2/c1-9(2,3)7-5(10)6(11-12-7)8(13)14-4/h1-4H3,(H,11,12). The number of H-pyrrole nitrogens is 1. The summed E-state index contributed by atoms with van der Waals surface area (Å²) >= 11 is 5.99. The summed E-state index contributed by atoms with van der Waals surface area (Å²) in [5.41, 5.74) is 0.703. The van der Waals surface area contributed by atoms with Crippen LogP contribution in [0.4, 0.5) is 0 Å². The molecule has 78 valence electrons. The van der Waals surface area contributed by atoms with E-state index in [9.17, 15) is 4.79 Å². The van der Waals surface area contributed by atoms with E-state index >= 15 is 0 Å². The maximum atomic E-state index is 11.2. The SMILES string of the molecule is COC(=O)c1n[nH]c(C(C)(C)C)c1Cl. The third-order valence-corrected chi connectivity index (χ3v) is 2.20. The molecule has 0 aliphatic heterocycles. The Kier molecular flexibility index (Phi) is 2.85. The molecular weight excluding hydrogens is 204 g/mol. The lowest BCUT2D eigenvalue weighted by molar-refractivity contribution is 0.0594. The van der Waals surface area contributed by atoms with Gasteiger partial charge in [-0.05, 0) is 0 Å². The van der Waals surface area contributed by atoms with E-state index in [2.05, 4.69) is 14.9 Å². The van der Waals surface area contributed by atoms with E-state index in [1.807, 2.05) is 20.8 Å². The van der Waals surface area contributed by atoms with Gasteiger partial charge in [0.15, 0.2) is 5.69 Å². The molecule has 0 bridgehead atoms. The number of nitrogens with one attached hydrogen (secondary N) is 1. The third-order valence-electron chi connectivity index (χ3n) is 1.84. The van der Waals surface area contributed by atoms with Crippen molar-refractivity contribution in [2.75, 3.05) is 7.11 Å². The number of esters is 1. The first-order chi connectivity index (χ1) is 6.38. The molecule has 0 saturated carbocycles. The summed E-state index contributed by atoms with van der Waals surface area (Å²) in [6, 6.07) is 0. The first-order valence-electron chi connectivity index (χ1n) is 4.20. The largest absolute Gasteiger partial charge is 0.464 e. The summed E-state index contributed by atoms with van der Waals surface area (Å²) in [5, 5.41) is 6.91. The van der Waals surface area contributed by atoms with E-state index in [1.54, 1.807) is 0 Å². The fraction of sp³-hybridized carbons (Fsp3) is 0.556. The van der Waals surface area contributed by atoms with Crippen LogP contribution in [-0.2, 0) is 10.2 Å². The summed E-state index contributed by atoms with van der Waals surface area (Å²) in [6.07, 6.45) is 0. The average Bonchev–Trinajstić information content (AvgIpc) is 2.45. The van der Waals surface area contributed by atoms with Crippen molar-refractivity contribution in [1.82, 2.24) is 10.2 Å². The predicted octanol–water partition coefficient (Wildman–Crippen LogP) is 2.15. The van der Waals surface area contributed by atoms with Crippen LogP contribution >= 0.6 is 11.6 Å². The fourth-order valence-electron chi connectivity index (χ4n) is 1.06. The molecule has 1 N–H and O–H groups in total. The summed E-state index contributed by atoms with van der Waals surface area (Å²) in [5.74, 6) is -0.526. The van der Waals surface area contributed by atoms with Gasteiger partial charge in [-0.1, -0.05) is 32.4 Å². The van der Waals surface area contributed by atoms with Gasteiger partial charge in [0.25, 0.3) is 0 Å². The summed E-state index contributed by atoms with van der Waals surface area (Å²) in [6.45, 7) is 5.94. The van der Waals surface area contributed by atoms with Crippen molar-refractivity contribution in [3.8, 4) is 0 Å². The normalized spacial score (nSPS) is 11.5. The lowest BCUT2D eigenvalue weighted by Crippen LogP contribution is -2.12. The van der Waals surface area contributed by atoms with E-state index in [0.29, 0.717) is 5.02 Å². The van der Waals surface area contributed by atoms with Gasteiger partial charge in [0, 0.05) is 5.41 Å². The highest BCUT2D eigenvalue weighted by Gasteiger charge is 2.25. The summed E-state index contributed by atoms with van der Waals surface area (Å²) < 4.78 is 4.54. The average molecular weight is 217 g/mol. The maximum Gasteiger partial charge on any atom is 0.360 e. The Morgan fingerprint density at radius 2 is 2.07 bits per heavy atom. The van der Waals surface area contributed by atoms with Crippen molar-refractivity contribution in [3.63, 3.8) is 0 Å². The molecule has 1 heterocycles. The van der Waals surface area contributed by atoms with E-state index in [1.165, 1.54) is 7.11 Å². The monoisotopic (exact) mass is 216 g/mol. The molecule has 0 unspecified atom stereocenters. The van der Waals surface area contributed by atoms with Crippen LogP contribution in [0.5, 0.6) is 0 Å². The first kappa shape index (κ1) is 11.0. The Labute approximate surface area is 87.6 Å². The van der Waals surface area contributed by atoms with Crippen molar-refractivity contribution >= 4 is 17.6 Å². The van der Waals surface area contributed by atoms with Gasteiger partial charge in [0.1, 0.15) is 0 Å². The van der Waals surface area contributed by atoms with E-state index in [-0.39, 0.29) is 11.1 Å². The number of methoxy groups -OCH3 is 1. The van der Waals surface area contributed by atoms with Crippen LogP contribution in [-0.4, -0.2) is 23.3 Å². The van der Waals surface area contributed by atoms with E-state index < -0.39 is 5.97 Å². The number of halogens is 1. The number of rotatable bonds is 1. The minimum absolute atomic E-state index is 0.138. The van der Waals surface area contributed by atoms with E-state index in [4.69, 9.17) is 11.6 Å². The molecule has 0 fully saturated rings. The van der Waals surface area contributed by atoms with Crippen LogP contribution in [0.1, 0.15) is 37.0 Å². The lowest BCUT2D eigenvalue weighted by atomic mass is 9.92. The molecular formula is C9H13ClN2O2. The summed E-state index contributed by atoms with van der Waals surface area (Å²) in [4.78, 5) is 11.2. The smallest absolute Gasteiger partial charge is 0.360 e. The van der Waals surface area contributed by atoms with Gasteiger partial charge in [-0.3, -0.25) is 5.10 Å². The molecule has 14 heavy (non-hydrogen) atoms. The van der Waals surface area contributed by atoms with Gasteiger partial charge in [-0.2, -0.15) is 5.10 Å². The van der Waals surface area contributed by atoms with Crippen molar-refractivity contribution in [1.29, 1.82) is 0 Å². The fourth-order valence-corrected chi connectivity index (χ4v) is 1.50. The van der Waals surface area contributed by atoms with Gasteiger partial charge in [-0.25, -0.2) is 4.79 Å². The molecule has 1 rings (SSSR count). The number of carbonyl (C=O) groups is 1. The van der Waals surface area contributed by atoms with Gasteiger partial charge in [0.05, 0.1) is 17.8 Å². The maximum absolute atomic E-state index is 11.2. The Hall–Kier alpha value is -1.03. The van der Waals surface area contributed by atoms with Crippen molar-refractivity contribution < 1.29 is 9.53 Å². The number of hydrogen-bond acceptors (Lipinski definition) is 3. The Morgan fingerprint density at radius 1 is 1.50 bits per heavy atom. The molecule has 0 atom stereocenters. The van der Waals surface area contributed by atoms with Crippen LogP contribution in [0.15, 0.2) is 0 Å². The van der Waals surface area contributed by atoms with Crippen LogP contribution in [0.25, 0.3) is 0 Å². The number of aromatic nitrogens is 2. The zero-order chi connectivity index (χ0) is 10.9. The molecule has 0 aliphatic rings. The van der Waals surface area contributed by atoms with Crippen molar-refractivity contribution in [3.05, 3.63) is 16.4 Å². The molecule has 1 aromatic heterocycles. The minimum atomic E-state index is -0.526. The predicted molar refractivity (Wildman–Crippen MR) is 53.6 cm³/mol. The van der Waals surface area contributed by atoms with Crippen LogP contribution in [0, 0.1) is 0 Å². The Bertz CT molecular complexity index is 352. The lowest BCUT2D eigenvalue weighted by Gasteiger charge is -2.15. The van der Waals surface area contributed by atoms with Gasteiger partial charge in [0.2, 0.25) is 0 Å². The molecule has 0 aromatic carbocycles. The van der Waals surface area contributed by atoms with Crippen molar-refractivity contribution in [2.24, 2.45) is 0 Å². The summed E-state index contributed by atoms with van der Waals surface area (Å²) in [7, 11) is 1.30. The Balaban J connectivity index is 3.15. The molecule has 1 aromatic rings. The topological polar surface area (TPSA) is 55.0 Å². The minimum Gasteiger partial charge on any atom is -0.464 e. The van der Waals surface area contributed by atoms with Crippen LogP contribution in [0.2, 0.25) is 5.02 Å². The van der Waals surface area contributed by atoms with Crippen LogP contribution in [0.3, 0.4) is 0 Å². The zero-order valence-electron chi connectivity index (χ0n) is 8.64. The Morgan fingerprint density at radius 3 is 2.43 bits per heavy atom. The van der Waals surface area contributed by atoms with Gasteiger partial charge in [-0.15, -0.1) is 0 Å². The highest BCUT2D eigenvalue weighted by atomic mass is 35.5. The van der Waals surface area contributed by atoms with Gasteiger partial charge >= 0.3 is 5.97 Å². The second-order valence-electron chi connectivity index (χ2n) is 4.00. The molecule has 5 heteroatoms. The van der Waals surface area contributed by atoms with Crippen molar-refractivity contribution in [2.45, 2.75) is 26.2 Å². The number of hydrogen-bond donors (Lipinski definition) is 1. The quantitative estimate of drug-likeness (QED) is 0.732. The first-order valence-corrected chi connectivity index (χ1v) is 4.58. The number of aromatic amines is 1. The van der Waals surface area contributed by atoms with Crippen LogP contribution < -0.4 is 0 Å². The molecule has 0 amide bonds. The molecule has 0 saturated heterocycles. The second-order valence-corrected chi connectivity index (χ2v) is 4.38. The highest BCUT2D eigenvalue weighted by molar-refractivity contribution is 6.34. The van der Waals surface area contributed by atoms with Gasteiger partial charge < -0.3 is 4.74 Å². The molecule has 4 nitrogen and oxygen atoms in total. The molecule has 0 aliphatic carbocycles. The third kappa shape index (κ3) is 1.90. The number of nitrogens with zero attached hydrogens (tertiary/aromatic N) is 1. The zero-order valence-corrected chi connectivity index (χ0v) is 9.40. The highest BCUT2D eigenvalue weighted by Crippen LogP contribution is 2.29. The number of ether oxygens (including phenoxy) is 1. The molecule has 0 spiro atoms. The number of carbonyl (C=O) groups excluding carboxylic acids is 1. The van der Waals surface area contributed by atoms with E-state index in [0.717, 1.165) is 5.69 Å². The second kappa shape index (κ2) is 3.61. The molecule has 0 radical (unpaired) electrons.